The summed E-state index contributed by atoms with van der Waals surface area (Å²) < 4.78 is 0. The summed E-state index contributed by atoms with van der Waals surface area (Å²) in [5.74, 6) is -3.24. The Labute approximate surface area is 154 Å². The van der Waals surface area contributed by atoms with Crippen LogP contribution in [0, 0.1) is 11.8 Å². The van der Waals surface area contributed by atoms with Crippen molar-refractivity contribution in [2.45, 2.75) is 25.7 Å². The first kappa shape index (κ1) is 18.1. The number of benzene rings is 1. The Morgan fingerprint density at radius 1 is 1.12 bits per heavy atom. The lowest BCUT2D eigenvalue weighted by atomic mass is 9.78. The van der Waals surface area contributed by atoms with Crippen LogP contribution in [0.4, 0.5) is 10.8 Å². The van der Waals surface area contributed by atoms with E-state index in [1.165, 1.54) is 11.3 Å². The maximum atomic E-state index is 12.5. The zero-order valence-corrected chi connectivity index (χ0v) is 14.8. The molecule has 0 aliphatic heterocycles. The van der Waals surface area contributed by atoms with Crippen LogP contribution in [0.5, 0.6) is 0 Å². The number of aliphatic carboxylic acids is 1. The second-order valence-corrected chi connectivity index (χ2v) is 7.07. The summed E-state index contributed by atoms with van der Waals surface area (Å²) in [6.45, 7) is 0. The number of carboxylic acid groups (broad SMARTS) is 1. The average molecular weight is 372 g/mol. The van der Waals surface area contributed by atoms with Gasteiger partial charge in [0.2, 0.25) is 5.91 Å². The molecule has 136 valence electrons. The first-order valence-corrected chi connectivity index (χ1v) is 9.25. The summed E-state index contributed by atoms with van der Waals surface area (Å²) >= 11 is 1.31. The molecule has 0 spiro atoms. The molecule has 0 radical (unpaired) electrons. The van der Waals surface area contributed by atoms with Crippen molar-refractivity contribution in [3.63, 3.8) is 0 Å². The summed E-state index contributed by atoms with van der Waals surface area (Å²) in [7, 11) is 0. The van der Waals surface area contributed by atoms with Crippen LogP contribution in [0.1, 0.15) is 36.0 Å². The fourth-order valence-electron chi connectivity index (χ4n) is 3.15. The highest BCUT2D eigenvalue weighted by Gasteiger charge is 2.31. The molecule has 0 saturated heterocycles. The molecule has 1 heterocycles. The largest absolute Gasteiger partial charge is 0.550 e. The third-order valence-electron chi connectivity index (χ3n) is 4.45. The minimum atomic E-state index is -1.18. The van der Waals surface area contributed by atoms with Crippen LogP contribution in [0.3, 0.4) is 0 Å². The van der Waals surface area contributed by atoms with Crippen LogP contribution in [0.15, 0.2) is 35.8 Å². The van der Waals surface area contributed by atoms with E-state index < -0.39 is 17.8 Å². The topological polar surface area (TPSA) is 111 Å². The number of hydrogen-bond donors (Lipinski definition) is 2. The minimum absolute atomic E-state index is 0.332. The first-order chi connectivity index (χ1) is 12.5. The Bertz CT molecular complexity index is 807. The molecular formula is C18H18N3O4S-. The van der Waals surface area contributed by atoms with Gasteiger partial charge >= 0.3 is 0 Å². The molecular weight excluding hydrogens is 354 g/mol. The van der Waals surface area contributed by atoms with E-state index in [9.17, 15) is 19.5 Å². The number of aromatic nitrogens is 1. The molecule has 2 N–H and O–H groups in total. The van der Waals surface area contributed by atoms with Crippen LogP contribution in [0.2, 0.25) is 0 Å². The number of carbonyl (C=O) groups is 3. The van der Waals surface area contributed by atoms with Crippen molar-refractivity contribution in [1.82, 2.24) is 4.98 Å². The van der Waals surface area contributed by atoms with Crippen LogP contribution in [-0.4, -0.2) is 22.8 Å². The van der Waals surface area contributed by atoms with Gasteiger partial charge in [-0.25, -0.2) is 4.98 Å². The smallest absolute Gasteiger partial charge is 0.257 e. The third-order valence-corrected chi connectivity index (χ3v) is 5.14. The van der Waals surface area contributed by atoms with E-state index in [4.69, 9.17) is 0 Å². The maximum Gasteiger partial charge on any atom is 0.257 e. The molecule has 1 fully saturated rings. The standard InChI is InChI=1S/C18H19N3O4S/c22-15(21-18-19-8-9-26-18)11-4-3-5-12(10-11)20-16(23)13-6-1-2-7-14(13)17(24)25/h3-5,8-10,13-14H,1-2,6-7H2,(H,20,23)(H,24,25)(H,19,21,22)/p-1/t13-,14-/m0/s1. The van der Waals surface area contributed by atoms with Crippen molar-refractivity contribution < 1.29 is 19.5 Å². The SMILES string of the molecule is O=C(Nc1nccs1)c1cccc(NC(=O)[C@H]2CCCC[C@@H]2C(=O)[O-])c1. The Morgan fingerprint density at radius 2 is 1.88 bits per heavy atom. The van der Waals surface area contributed by atoms with Gasteiger partial charge in [-0.3, -0.25) is 14.9 Å². The molecule has 0 bridgehead atoms. The van der Waals surface area contributed by atoms with Crippen LogP contribution in [-0.2, 0) is 9.59 Å². The van der Waals surface area contributed by atoms with E-state index >= 15 is 0 Å². The van der Waals surface area contributed by atoms with Crippen LogP contribution < -0.4 is 15.7 Å². The van der Waals surface area contributed by atoms with Gasteiger partial charge < -0.3 is 15.2 Å². The van der Waals surface area contributed by atoms with Gasteiger partial charge in [0.15, 0.2) is 5.13 Å². The highest BCUT2D eigenvalue weighted by Crippen LogP contribution is 2.30. The lowest BCUT2D eigenvalue weighted by molar-refractivity contribution is -0.313. The fraction of sp³-hybridized carbons (Fsp3) is 0.333. The van der Waals surface area contributed by atoms with Gasteiger partial charge in [0.25, 0.3) is 5.91 Å². The maximum absolute atomic E-state index is 12.5. The molecule has 1 aromatic heterocycles. The van der Waals surface area contributed by atoms with E-state index in [1.807, 2.05) is 0 Å². The second-order valence-electron chi connectivity index (χ2n) is 6.18. The molecule has 8 heteroatoms. The van der Waals surface area contributed by atoms with E-state index in [2.05, 4.69) is 15.6 Å². The summed E-state index contributed by atoms with van der Waals surface area (Å²) in [6, 6.07) is 6.50. The molecule has 7 nitrogen and oxygen atoms in total. The zero-order chi connectivity index (χ0) is 18.5. The van der Waals surface area contributed by atoms with Gasteiger partial charge in [0.1, 0.15) is 0 Å². The lowest BCUT2D eigenvalue weighted by Crippen LogP contribution is -2.42. The normalized spacial score (nSPS) is 19.5. The summed E-state index contributed by atoms with van der Waals surface area (Å²) in [5.41, 5.74) is 0.822. The van der Waals surface area contributed by atoms with Crippen molar-refractivity contribution in [2.75, 3.05) is 10.6 Å². The molecule has 1 saturated carbocycles. The van der Waals surface area contributed by atoms with Crippen LogP contribution >= 0.6 is 11.3 Å². The predicted octanol–water partition coefficient (Wildman–Crippen LogP) is 1.89. The Balaban J connectivity index is 1.68. The van der Waals surface area contributed by atoms with Crippen molar-refractivity contribution in [3.05, 3.63) is 41.4 Å². The van der Waals surface area contributed by atoms with E-state index in [1.54, 1.807) is 35.8 Å². The van der Waals surface area contributed by atoms with Crippen LogP contribution in [0.25, 0.3) is 0 Å². The second kappa shape index (κ2) is 8.09. The number of carbonyl (C=O) groups excluding carboxylic acids is 3. The number of carboxylic acids is 1. The Morgan fingerprint density at radius 3 is 2.58 bits per heavy atom. The molecule has 3 rings (SSSR count). The minimum Gasteiger partial charge on any atom is -0.550 e. The Hall–Kier alpha value is -2.74. The van der Waals surface area contributed by atoms with Gasteiger partial charge in [0, 0.05) is 40.6 Å². The first-order valence-electron chi connectivity index (χ1n) is 8.37. The Kier molecular flexibility index (Phi) is 5.62. The summed E-state index contributed by atoms with van der Waals surface area (Å²) in [5, 5.41) is 18.9. The number of thiazole rings is 1. The van der Waals surface area contributed by atoms with E-state index in [0.717, 1.165) is 12.8 Å². The molecule has 26 heavy (non-hydrogen) atoms. The highest BCUT2D eigenvalue weighted by molar-refractivity contribution is 7.13. The van der Waals surface area contributed by atoms with Gasteiger partial charge in [0.05, 0.1) is 0 Å². The molecule has 1 aliphatic carbocycles. The van der Waals surface area contributed by atoms with Gasteiger partial charge in [-0.2, -0.15) is 0 Å². The van der Waals surface area contributed by atoms with E-state index in [-0.39, 0.29) is 11.8 Å². The summed E-state index contributed by atoms with van der Waals surface area (Å²) in [4.78, 5) is 40.0. The molecule has 2 aromatic rings. The highest BCUT2D eigenvalue weighted by atomic mass is 32.1. The molecule has 1 aliphatic rings. The molecule has 1 aromatic carbocycles. The van der Waals surface area contributed by atoms with Gasteiger partial charge in [-0.05, 0) is 31.0 Å². The van der Waals surface area contributed by atoms with E-state index in [0.29, 0.717) is 29.2 Å². The number of nitrogens with one attached hydrogen (secondary N) is 2. The van der Waals surface area contributed by atoms with Crippen molar-refractivity contribution in [3.8, 4) is 0 Å². The average Bonchev–Trinajstić information content (AvgIpc) is 3.15. The number of rotatable bonds is 5. The number of nitrogens with zero attached hydrogens (tertiary/aromatic N) is 1. The number of hydrogen-bond acceptors (Lipinski definition) is 6. The predicted molar refractivity (Wildman–Crippen MR) is 95.6 cm³/mol. The molecule has 2 amide bonds. The van der Waals surface area contributed by atoms with Crippen molar-refractivity contribution >= 4 is 39.9 Å². The zero-order valence-electron chi connectivity index (χ0n) is 13.9. The molecule has 2 atom stereocenters. The lowest BCUT2D eigenvalue weighted by Gasteiger charge is -2.31. The van der Waals surface area contributed by atoms with Gasteiger partial charge in [-0.15, -0.1) is 11.3 Å². The summed E-state index contributed by atoms with van der Waals surface area (Å²) in [6.07, 6.45) is 4.17. The fourth-order valence-corrected chi connectivity index (χ4v) is 3.68. The molecule has 0 unspecified atom stereocenters. The quantitative estimate of drug-likeness (QED) is 0.832. The third kappa shape index (κ3) is 4.26. The number of anilines is 2. The monoisotopic (exact) mass is 372 g/mol. The van der Waals surface area contributed by atoms with Gasteiger partial charge in [-0.1, -0.05) is 18.9 Å². The number of amides is 2. The van der Waals surface area contributed by atoms with Crippen molar-refractivity contribution in [2.24, 2.45) is 11.8 Å². The van der Waals surface area contributed by atoms with Crippen molar-refractivity contribution in [1.29, 1.82) is 0 Å².